The largest absolute Gasteiger partial charge is 0.496 e. The Balaban J connectivity index is 1.80. The minimum Gasteiger partial charge on any atom is -0.496 e. The number of benzene rings is 2. The summed E-state index contributed by atoms with van der Waals surface area (Å²) in [6.45, 7) is 8.67. The maximum absolute atomic E-state index is 5.60. The van der Waals surface area contributed by atoms with E-state index in [-0.39, 0.29) is 5.54 Å². The normalized spacial score (nSPS) is 23.2. The standard InChI is InChI=1S/C23H32N2O/c1-17(2)18-12-13-21(26-4)19(15-18)16-24-22-11-8-14-25-23(22,3)20-9-6-5-7-10-20/h5-7,9-10,12-13,15,17,22,24-25H,8,11,14,16H2,1-4H3/t22-,23-/m1/s1. The van der Waals surface area contributed by atoms with Gasteiger partial charge >= 0.3 is 0 Å². The third-order valence-corrected chi connectivity index (χ3v) is 5.74. The van der Waals surface area contributed by atoms with Crippen LogP contribution in [-0.2, 0) is 12.1 Å². The molecule has 0 saturated carbocycles. The molecule has 0 aliphatic carbocycles. The average Bonchev–Trinajstić information content (AvgIpc) is 2.67. The van der Waals surface area contributed by atoms with Gasteiger partial charge in [0.15, 0.2) is 0 Å². The van der Waals surface area contributed by atoms with Crippen LogP contribution in [0.3, 0.4) is 0 Å². The van der Waals surface area contributed by atoms with E-state index in [4.69, 9.17) is 4.74 Å². The first-order valence-electron chi connectivity index (χ1n) is 9.75. The minimum absolute atomic E-state index is 0.0532. The van der Waals surface area contributed by atoms with E-state index in [0.717, 1.165) is 18.8 Å². The van der Waals surface area contributed by atoms with Crippen LogP contribution in [0, 0.1) is 0 Å². The molecule has 2 atom stereocenters. The summed E-state index contributed by atoms with van der Waals surface area (Å²) in [4.78, 5) is 0. The molecule has 0 spiro atoms. The van der Waals surface area contributed by atoms with Crippen LogP contribution >= 0.6 is 0 Å². The Kier molecular flexibility index (Phi) is 6.00. The Bertz CT molecular complexity index is 713. The fraction of sp³-hybridized carbons (Fsp3) is 0.478. The lowest BCUT2D eigenvalue weighted by atomic mass is 9.79. The molecule has 0 aromatic heterocycles. The number of nitrogens with one attached hydrogen (secondary N) is 2. The van der Waals surface area contributed by atoms with E-state index >= 15 is 0 Å². The molecule has 1 aliphatic rings. The summed E-state index contributed by atoms with van der Waals surface area (Å²) in [7, 11) is 1.75. The molecule has 0 amide bonds. The molecular weight excluding hydrogens is 320 g/mol. The van der Waals surface area contributed by atoms with Crippen LogP contribution < -0.4 is 15.4 Å². The molecule has 3 nitrogen and oxygen atoms in total. The smallest absolute Gasteiger partial charge is 0.123 e. The van der Waals surface area contributed by atoms with E-state index in [1.54, 1.807) is 7.11 Å². The van der Waals surface area contributed by atoms with E-state index in [1.165, 1.54) is 29.5 Å². The van der Waals surface area contributed by atoms with Crippen LogP contribution in [0.5, 0.6) is 5.75 Å². The molecule has 3 rings (SSSR count). The van der Waals surface area contributed by atoms with Gasteiger partial charge in [-0.25, -0.2) is 0 Å². The average molecular weight is 353 g/mol. The summed E-state index contributed by atoms with van der Waals surface area (Å²) in [5, 5.41) is 7.59. The first kappa shape index (κ1) is 18.9. The molecule has 0 bridgehead atoms. The van der Waals surface area contributed by atoms with Crippen LogP contribution in [0.2, 0.25) is 0 Å². The van der Waals surface area contributed by atoms with Crippen LogP contribution in [0.25, 0.3) is 0 Å². The van der Waals surface area contributed by atoms with Gasteiger partial charge < -0.3 is 15.4 Å². The molecule has 26 heavy (non-hydrogen) atoms. The van der Waals surface area contributed by atoms with Gasteiger partial charge in [-0.15, -0.1) is 0 Å². The molecule has 140 valence electrons. The number of hydrogen-bond acceptors (Lipinski definition) is 3. The summed E-state index contributed by atoms with van der Waals surface area (Å²) >= 11 is 0. The lowest BCUT2D eigenvalue weighted by Gasteiger charge is -2.43. The second-order valence-electron chi connectivity index (χ2n) is 7.80. The van der Waals surface area contributed by atoms with Crippen molar-refractivity contribution in [3.8, 4) is 5.75 Å². The van der Waals surface area contributed by atoms with Gasteiger partial charge in [0.05, 0.1) is 12.6 Å². The van der Waals surface area contributed by atoms with Gasteiger partial charge in [-0.2, -0.15) is 0 Å². The fourth-order valence-electron chi connectivity index (χ4n) is 3.99. The van der Waals surface area contributed by atoms with Crippen molar-refractivity contribution in [3.05, 3.63) is 65.2 Å². The Morgan fingerprint density at radius 2 is 1.96 bits per heavy atom. The Labute approximate surface area is 158 Å². The maximum Gasteiger partial charge on any atom is 0.123 e. The van der Waals surface area contributed by atoms with E-state index in [0.29, 0.717) is 12.0 Å². The number of methoxy groups -OCH3 is 1. The summed E-state index contributed by atoms with van der Waals surface area (Å²) in [5.41, 5.74) is 3.89. The van der Waals surface area contributed by atoms with Crippen LogP contribution in [0.15, 0.2) is 48.5 Å². The highest BCUT2D eigenvalue weighted by atomic mass is 16.5. The molecular formula is C23H32N2O. The first-order valence-corrected chi connectivity index (χ1v) is 9.75. The fourth-order valence-corrected chi connectivity index (χ4v) is 3.99. The Morgan fingerprint density at radius 3 is 2.65 bits per heavy atom. The van der Waals surface area contributed by atoms with Crippen molar-refractivity contribution in [1.82, 2.24) is 10.6 Å². The second kappa shape index (κ2) is 8.24. The van der Waals surface area contributed by atoms with Crippen molar-refractivity contribution in [2.24, 2.45) is 0 Å². The van der Waals surface area contributed by atoms with Crippen LogP contribution in [-0.4, -0.2) is 19.7 Å². The molecule has 0 unspecified atom stereocenters. The zero-order valence-electron chi connectivity index (χ0n) is 16.5. The van der Waals surface area contributed by atoms with E-state index < -0.39 is 0 Å². The lowest BCUT2D eigenvalue weighted by molar-refractivity contribution is 0.201. The molecule has 2 aromatic carbocycles. The molecule has 3 heteroatoms. The van der Waals surface area contributed by atoms with Gasteiger partial charge in [-0.05, 0) is 49.4 Å². The summed E-state index contributed by atoms with van der Waals surface area (Å²) in [6, 6.07) is 17.7. The van der Waals surface area contributed by atoms with E-state index in [1.807, 2.05) is 0 Å². The highest BCUT2D eigenvalue weighted by Gasteiger charge is 2.37. The molecule has 2 aromatic rings. The van der Waals surface area contributed by atoms with Crippen LogP contribution in [0.4, 0.5) is 0 Å². The van der Waals surface area contributed by atoms with Gasteiger partial charge in [0.25, 0.3) is 0 Å². The van der Waals surface area contributed by atoms with Crippen molar-refractivity contribution in [2.45, 2.75) is 57.7 Å². The number of rotatable bonds is 6. The predicted octanol–water partition coefficient (Wildman–Crippen LogP) is 4.58. The molecule has 2 N–H and O–H groups in total. The van der Waals surface area contributed by atoms with Crippen molar-refractivity contribution in [2.75, 3.05) is 13.7 Å². The van der Waals surface area contributed by atoms with Crippen LogP contribution in [0.1, 0.15) is 56.2 Å². The maximum atomic E-state index is 5.60. The molecule has 0 radical (unpaired) electrons. The lowest BCUT2D eigenvalue weighted by Crippen LogP contribution is -2.58. The number of ether oxygens (including phenoxy) is 1. The summed E-state index contributed by atoms with van der Waals surface area (Å²) in [5.74, 6) is 1.48. The van der Waals surface area contributed by atoms with Gasteiger partial charge in [-0.3, -0.25) is 0 Å². The predicted molar refractivity (Wildman–Crippen MR) is 109 cm³/mol. The van der Waals surface area contributed by atoms with E-state index in [9.17, 15) is 0 Å². The summed E-state index contributed by atoms with van der Waals surface area (Å²) < 4.78 is 5.60. The zero-order chi connectivity index (χ0) is 18.6. The van der Waals surface area contributed by atoms with Gasteiger partial charge in [-0.1, -0.05) is 56.3 Å². The topological polar surface area (TPSA) is 33.3 Å². The third kappa shape index (κ3) is 3.94. The molecule has 1 aliphatic heterocycles. The summed E-state index contributed by atoms with van der Waals surface area (Å²) in [6.07, 6.45) is 2.37. The monoisotopic (exact) mass is 352 g/mol. The first-order chi connectivity index (χ1) is 12.5. The molecule has 1 saturated heterocycles. The number of hydrogen-bond donors (Lipinski definition) is 2. The SMILES string of the molecule is COc1ccc(C(C)C)cc1CN[C@@H]1CCCN[C@]1(C)c1ccccc1. The Morgan fingerprint density at radius 1 is 1.19 bits per heavy atom. The molecule has 1 fully saturated rings. The Hall–Kier alpha value is -1.84. The van der Waals surface area contributed by atoms with Gasteiger partial charge in [0.1, 0.15) is 5.75 Å². The minimum atomic E-state index is -0.0532. The van der Waals surface area contributed by atoms with Gasteiger partial charge in [0, 0.05) is 18.2 Å². The second-order valence-corrected chi connectivity index (χ2v) is 7.80. The third-order valence-electron chi connectivity index (χ3n) is 5.74. The highest BCUT2D eigenvalue weighted by molar-refractivity contribution is 5.38. The molecule has 1 heterocycles. The zero-order valence-corrected chi connectivity index (χ0v) is 16.5. The van der Waals surface area contributed by atoms with Crippen molar-refractivity contribution < 1.29 is 4.74 Å². The van der Waals surface area contributed by atoms with Crippen molar-refractivity contribution >= 4 is 0 Å². The quantitative estimate of drug-likeness (QED) is 0.798. The highest BCUT2D eigenvalue weighted by Crippen LogP contribution is 2.31. The van der Waals surface area contributed by atoms with Crippen molar-refractivity contribution in [1.29, 1.82) is 0 Å². The van der Waals surface area contributed by atoms with Crippen molar-refractivity contribution in [3.63, 3.8) is 0 Å². The number of piperidine rings is 1. The van der Waals surface area contributed by atoms with E-state index in [2.05, 4.69) is 79.9 Å². The van der Waals surface area contributed by atoms with Gasteiger partial charge in [0.2, 0.25) is 0 Å².